The number of hydrogen-bond donors (Lipinski definition) is 1. The molecule has 128 valence electrons. The Balaban J connectivity index is 1.68. The molecule has 5 heteroatoms. The third-order valence-corrected chi connectivity index (χ3v) is 8.58. The van der Waals surface area contributed by atoms with Crippen LogP contribution in [0.5, 0.6) is 0 Å². The number of carbonyl (C=O) groups is 1. The van der Waals surface area contributed by atoms with E-state index in [0.717, 1.165) is 25.8 Å². The zero-order chi connectivity index (χ0) is 16.6. The summed E-state index contributed by atoms with van der Waals surface area (Å²) in [5.74, 6) is 2.86. The van der Waals surface area contributed by atoms with E-state index in [9.17, 15) is 4.79 Å². The van der Waals surface area contributed by atoms with Gasteiger partial charge in [0.1, 0.15) is 4.08 Å². The molecule has 3 heterocycles. The third kappa shape index (κ3) is 2.97. The maximum Gasteiger partial charge on any atom is 0.225 e. The highest BCUT2D eigenvalue weighted by molar-refractivity contribution is 8.18. The van der Waals surface area contributed by atoms with Crippen LogP contribution in [0.3, 0.4) is 0 Å². The Morgan fingerprint density at radius 3 is 2.83 bits per heavy atom. The highest BCUT2D eigenvalue weighted by atomic mass is 32.2. The van der Waals surface area contributed by atoms with Gasteiger partial charge in [-0.05, 0) is 54.7 Å². The molecular formula is C19H24N2OS2. The summed E-state index contributed by atoms with van der Waals surface area (Å²) >= 11 is 4.07. The first kappa shape index (κ1) is 16.4. The first-order valence-corrected chi connectivity index (χ1v) is 10.8. The molecule has 1 aromatic heterocycles. The summed E-state index contributed by atoms with van der Waals surface area (Å²) in [6.45, 7) is 0.912. The predicted octanol–water partition coefficient (Wildman–Crippen LogP) is 4.45. The van der Waals surface area contributed by atoms with Crippen molar-refractivity contribution in [3.63, 3.8) is 0 Å². The van der Waals surface area contributed by atoms with E-state index in [1.165, 1.54) is 34.5 Å². The van der Waals surface area contributed by atoms with Crippen molar-refractivity contribution in [1.82, 2.24) is 9.88 Å². The van der Waals surface area contributed by atoms with Gasteiger partial charge in [0, 0.05) is 30.7 Å². The smallest absolute Gasteiger partial charge is 0.225 e. The number of rotatable bonds is 3. The average Bonchev–Trinajstić information content (AvgIpc) is 3.05. The molecule has 24 heavy (non-hydrogen) atoms. The number of benzene rings is 1. The summed E-state index contributed by atoms with van der Waals surface area (Å²) in [6.07, 6.45) is 4.37. The van der Waals surface area contributed by atoms with Gasteiger partial charge >= 0.3 is 0 Å². The van der Waals surface area contributed by atoms with Crippen LogP contribution in [0.4, 0.5) is 0 Å². The van der Waals surface area contributed by atoms with Crippen molar-refractivity contribution in [2.45, 2.75) is 29.8 Å². The standard InChI is InChI=1S/C19H24N2OS2/c1-21-9-4-7-15(18(21)22)13-19(23-10-5-11-24-19)17-12-14-6-2-3-8-16(14)20-17/h2-3,6,8,12,15,20H,4-5,7,9-11,13H2,1H3. The second kappa shape index (κ2) is 6.68. The lowest BCUT2D eigenvalue weighted by Crippen LogP contribution is -2.41. The molecule has 4 rings (SSSR count). The molecule has 1 atom stereocenters. The van der Waals surface area contributed by atoms with Crippen LogP contribution in [-0.2, 0) is 8.87 Å². The van der Waals surface area contributed by atoms with Gasteiger partial charge < -0.3 is 9.88 Å². The Labute approximate surface area is 151 Å². The number of carbonyl (C=O) groups excluding carboxylic acids is 1. The number of hydrogen-bond acceptors (Lipinski definition) is 3. The maximum absolute atomic E-state index is 12.6. The summed E-state index contributed by atoms with van der Waals surface area (Å²) in [4.78, 5) is 18.2. The molecule has 0 bridgehead atoms. The maximum atomic E-state index is 12.6. The number of aromatic nitrogens is 1. The van der Waals surface area contributed by atoms with E-state index in [1.807, 2.05) is 35.5 Å². The van der Waals surface area contributed by atoms with Crippen LogP contribution in [0.15, 0.2) is 30.3 Å². The van der Waals surface area contributed by atoms with Gasteiger partial charge in [-0.3, -0.25) is 4.79 Å². The number of para-hydroxylation sites is 1. The second-order valence-electron chi connectivity index (χ2n) is 6.88. The predicted molar refractivity (Wildman–Crippen MR) is 104 cm³/mol. The topological polar surface area (TPSA) is 36.1 Å². The average molecular weight is 361 g/mol. The highest BCUT2D eigenvalue weighted by Gasteiger charge is 2.42. The molecule has 1 N–H and O–H groups in total. The molecule has 1 amide bonds. The van der Waals surface area contributed by atoms with Gasteiger partial charge in [0.15, 0.2) is 0 Å². The van der Waals surface area contributed by atoms with Crippen LogP contribution >= 0.6 is 23.5 Å². The molecule has 0 aliphatic carbocycles. The highest BCUT2D eigenvalue weighted by Crippen LogP contribution is 2.55. The first-order valence-electron chi connectivity index (χ1n) is 8.79. The molecule has 0 spiro atoms. The van der Waals surface area contributed by atoms with Crippen LogP contribution in [0, 0.1) is 5.92 Å². The number of thioether (sulfide) groups is 2. The van der Waals surface area contributed by atoms with Crippen molar-refractivity contribution in [3.8, 4) is 0 Å². The van der Waals surface area contributed by atoms with E-state index in [1.54, 1.807) is 0 Å². The Hall–Kier alpha value is -1.07. The van der Waals surface area contributed by atoms with Gasteiger partial charge in [-0.1, -0.05) is 18.2 Å². The van der Waals surface area contributed by atoms with Crippen molar-refractivity contribution >= 4 is 40.3 Å². The minimum absolute atomic E-state index is 0.00419. The van der Waals surface area contributed by atoms with Gasteiger partial charge in [0.2, 0.25) is 5.91 Å². The lowest BCUT2D eigenvalue weighted by atomic mass is 9.91. The summed E-state index contributed by atoms with van der Waals surface area (Å²) in [5.41, 5.74) is 2.49. The number of nitrogens with zero attached hydrogens (tertiary/aromatic N) is 1. The Morgan fingerprint density at radius 2 is 2.04 bits per heavy atom. The fraction of sp³-hybridized carbons (Fsp3) is 0.526. The third-order valence-electron chi connectivity index (χ3n) is 5.19. The van der Waals surface area contributed by atoms with Crippen molar-refractivity contribution in [2.75, 3.05) is 25.1 Å². The van der Waals surface area contributed by atoms with Gasteiger partial charge in [-0.15, -0.1) is 23.5 Å². The largest absolute Gasteiger partial charge is 0.357 e. The Bertz CT molecular complexity index is 703. The van der Waals surface area contributed by atoms with E-state index < -0.39 is 0 Å². The van der Waals surface area contributed by atoms with Gasteiger partial charge in [0.05, 0.1) is 0 Å². The van der Waals surface area contributed by atoms with Crippen LogP contribution in [-0.4, -0.2) is 40.9 Å². The monoisotopic (exact) mass is 360 g/mol. The summed E-state index contributed by atoms with van der Waals surface area (Å²) in [6, 6.07) is 10.8. The zero-order valence-electron chi connectivity index (χ0n) is 14.1. The number of likely N-dealkylation sites (tertiary alicyclic amines) is 1. The normalized spacial score (nSPS) is 24.5. The molecule has 2 saturated heterocycles. The molecule has 3 nitrogen and oxygen atoms in total. The van der Waals surface area contributed by atoms with E-state index in [-0.39, 0.29) is 10.00 Å². The Kier molecular flexibility index (Phi) is 4.56. The van der Waals surface area contributed by atoms with Crippen molar-refractivity contribution < 1.29 is 4.79 Å². The van der Waals surface area contributed by atoms with Gasteiger partial charge in [0.25, 0.3) is 0 Å². The van der Waals surface area contributed by atoms with Gasteiger partial charge in [-0.2, -0.15) is 0 Å². The second-order valence-corrected chi connectivity index (χ2v) is 9.92. The molecule has 1 aromatic carbocycles. The van der Waals surface area contributed by atoms with E-state index >= 15 is 0 Å². The molecule has 0 radical (unpaired) electrons. The molecule has 1 unspecified atom stereocenters. The van der Waals surface area contributed by atoms with E-state index in [0.29, 0.717) is 5.91 Å². The van der Waals surface area contributed by atoms with E-state index in [4.69, 9.17) is 0 Å². The molecule has 2 aliphatic rings. The lowest BCUT2D eigenvalue weighted by Gasteiger charge is -2.40. The van der Waals surface area contributed by atoms with Crippen LogP contribution in [0.25, 0.3) is 10.9 Å². The van der Waals surface area contributed by atoms with Crippen molar-refractivity contribution in [3.05, 3.63) is 36.0 Å². The molecular weight excluding hydrogens is 336 g/mol. The molecule has 2 aromatic rings. The zero-order valence-corrected chi connectivity index (χ0v) is 15.7. The first-order chi connectivity index (χ1) is 11.7. The van der Waals surface area contributed by atoms with Crippen molar-refractivity contribution in [1.29, 1.82) is 0 Å². The van der Waals surface area contributed by atoms with Gasteiger partial charge in [-0.25, -0.2) is 0 Å². The number of piperidine rings is 1. The van der Waals surface area contributed by atoms with Crippen molar-refractivity contribution in [2.24, 2.45) is 5.92 Å². The SMILES string of the molecule is CN1CCCC(CC2(c3cc4ccccc4[nH]3)SCCCS2)C1=O. The Morgan fingerprint density at radius 1 is 1.25 bits per heavy atom. The summed E-state index contributed by atoms with van der Waals surface area (Å²) in [5, 5.41) is 1.27. The number of fused-ring (bicyclic) bond motifs is 1. The molecule has 2 fully saturated rings. The summed E-state index contributed by atoms with van der Waals surface area (Å²) in [7, 11) is 1.95. The summed E-state index contributed by atoms with van der Waals surface area (Å²) < 4.78 is -0.00419. The van der Waals surface area contributed by atoms with Crippen LogP contribution in [0.2, 0.25) is 0 Å². The fourth-order valence-corrected chi connectivity index (χ4v) is 7.29. The number of H-pyrrole nitrogens is 1. The minimum Gasteiger partial charge on any atom is -0.357 e. The molecule has 2 aliphatic heterocycles. The number of nitrogens with one attached hydrogen (secondary N) is 1. The number of aromatic amines is 1. The number of amides is 1. The fourth-order valence-electron chi connectivity index (χ4n) is 3.87. The minimum atomic E-state index is -0.00419. The lowest BCUT2D eigenvalue weighted by molar-refractivity contribution is -0.137. The van der Waals surface area contributed by atoms with Crippen LogP contribution in [0.1, 0.15) is 31.4 Å². The quantitative estimate of drug-likeness (QED) is 0.878. The van der Waals surface area contributed by atoms with E-state index in [2.05, 4.69) is 35.3 Å². The molecule has 0 saturated carbocycles. The van der Waals surface area contributed by atoms with Crippen LogP contribution < -0.4 is 0 Å².